The number of aromatic nitrogens is 1. The third-order valence-electron chi connectivity index (χ3n) is 4.06. The Morgan fingerprint density at radius 3 is 2.52 bits per heavy atom. The van der Waals surface area contributed by atoms with Crippen molar-refractivity contribution in [1.82, 2.24) is 9.88 Å². The lowest BCUT2D eigenvalue weighted by molar-refractivity contribution is 0.211. The van der Waals surface area contributed by atoms with Gasteiger partial charge in [-0.05, 0) is 20.3 Å². The van der Waals surface area contributed by atoms with Crippen molar-refractivity contribution in [3.8, 4) is 0 Å². The van der Waals surface area contributed by atoms with Crippen LogP contribution in [0.5, 0.6) is 0 Å². The molecule has 118 valence electrons. The number of aryl methyl sites for hydroxylation is 2. The highest BCUT2D eigenvalue weighted by atomic mass is 32.1. The molecule has 1 aromatic rings. The Labute approximate surface area is 130 Å². The van der Waals surface area contributed by atoms with E-state index >= 15 is 0 Å². The Bertz CT molecular complexity index is 474. The van der Waals surface area contributed by atoms with Gasteiger partial charge in [-0.1, -0.05) is 18.5 Å². The van der Waals surface area contributed by atoms with Crippen LogP contribution < -0.4 is 10.6 Å². The molecule has 1 aromatic heterocycles. The third-order valence-corrected chi connectivity index (χ3v) is 5.20. The van der Waals surface area contributed by atoms with Crippen LogP contribution in [0.4, 0.5) is 5.13 Å². The van der Waals surface area contributed by atoms with Gasteiger partial charge in [-0.3, -0.25) is 4.90 Å². The van der Waals surface area contributed by atoms with Gasteiger partial charge in [0.25, 0.3) is 0 Å². The summed E-state index contributed by atoms with van der Waals surface area (Å²) in [6.45, 7) is 9.99. The Morgan fingerprint density at radius 1 is 1.38 bits per heavy atom. The number of amidine groups is 1. The fraction of sp³-hybridized carbons (Fsp3) is 0.714. The van der Waals surface area contributed by atoms with Crippen molar-refractivity contribution in [3.05, 3.63) is 10.6 Å². The molecule has 7 heteroatoms. The summed E-state index contributed by atoms with van der Waals surface area (Å²) in [5, 5.41) is 13.3. The van der Waals surface area contributed by atoms with Gasteiger partial charge in [0.05, 0.1) is 11.7 Å². The van der Waals surface area contributed by atoms with Crippen LogP contribution in [0, 0.1) is 13.8 Å². The molecule has 1 aliphatic rings. The number of rotatable bonds is 5. The van der Waals surface area contributed by atoms with Gasteiger partial charge in [0.1, 0.15) is 0 Å². The lowest BCUT2D eigenvalue weighted by Crippen LogP contribution is -2.54. The topological polar surface area (TPSA) is 78.0 Å². The zero-order chi connectivity index (χ0) is 15.4. The van der Waals surface area contributed by atoms with Crippen molar-refractivity contribution in [2.24, 2.45) is 10.9 Å². The summed E-state index contributed by atoms with van der Waals surface area (Å²) in [4.78, 5) is 10.6. The molecule has 1 fully saturated rings. The summed E-state index contributed by atoms with van der Waals surface area (Å²) < 4.78 is 0. The average molecular weight is 311 g/mol. The van der Waals surface area contributed by atoms with Gasteiger partial charge < -0.3 is 15.8 Å². The van der Waals surface area contributed by atoms with Crippen LogP contribution in [-0.4, -0.2) is 53.1 Å². The zero-order valence-electron chi connectivity index (χ0n) is 13.0. The van der Waals surface area contributed by atoms with Crippen molar-refractivity contribution in [1.29, 1.82) is 0 Å². The lowest BCUT2D eigenvalue weighted by Gasteiger charge is -2.38. The number of nitrogens with zero attached hydrogens (tertiary/aromatic N) is 4. The molecule has 0 aliphatic carbocycles. The van der Waals surface area contributed by atoms with E-state index in [9.17, 15) is 0 Å². The molecule has 0 bridgehead atoms. The molecule has 2 heterocycles. The Morgan fingerprint density at radius 2 is 2.05 bits per heavy atom. The van der Waals surface area contributed by atoms with E-state index in [-0.39, 0.29) is 6.04 Å². The molecular formula is C14H25N5OS. The third kappa shape index (κ3) is 3.65. The molecule has 0 aromatic carbocycles. The minimum absolute atomic E-state index is 0.0434. The lowest BCUT2D eigenvalue weighted by atomic mass is 10.1. The average Bonchev–Trinajstić information content (AvgIpc) is 2.84. The number of nitrogens with two attached hydrogens (primary N) is 1. The number of piperazine rings is 1. The molecular weight excluding hydrogens is 286 g/mol. The van der Waals surface area contributed by atoms with Crippen LogP contribution >= 0.6 is 11.3 Å². The first-order chi connectivity index (χ1) is 10.1. The molecule has 3 N–H and O–H groups in total. The smallest absolute Gasteiger partial charge is 0.185 e. The maximum absolute atomic E-state index is 8.94. The number of hydrogen-bond acceptors (Lipinski definition) is 6. The Balaban J connectivity index is 1.98. The van der Waals surface area contributed by atoms with Gasteiger partial charge in [0.2, 0.25) is 0 Å². The second-order valence-corrected chi connectivity index (χ2v) is 6.67. The predicted molar refractivity (Wildman–Crippen MR) is 87.5 cm³/mol. The van der Waals surface area contributed by atoms with Gasteiger partial charge in [0.15, 0.2) is 11.0 Å². The second-order valence-electron chi connectivity index (χ2n) is 5.49. The predicted octanol–water partition coefficient (Wildman–Crippen LogP) is 1.80. The standard InChI is InChI=1S/C14H25N5OS/c1-4-5-12(13(15)17-20)18-6-8-19(9-7-18)14-16-10(2)11(3)21-14/h12,20H,4-9H2,1-3H3,(H2,15,17). The number of hydrogen-bond donors (Lipinski definition) is 2. The highest BCUT2D eigenvalue weighted by molar-refractivity contribution is 7.15. The quantitative estimate of drug-likeness (QED) is 0.375. The van der Waals surface area contributed by atoms with Crippen LogP contribution in [0.3, 0.4) is 0 Å². The Hall–Kier alpha value is -1.34. The van der Waals surface area contributed by atoms with Crippen LogP contribution in [0.2, 0.25) is 0 Å². The molecule has 0 saturated carbocycles. The van der Waals surface area contributed by atoms with Gasteiger partial charge in [0, 0.05) is 31.1 Å². The highest BCUT2D eigenvalue weighted by Crippen LogP contribution is 2.26. The molecule has 0 amide bonds. The summed E-state index contributed by atoms with van der Waals surface area (Å²) >= 11 is 1.76. The van der Waals surface area contributed by atoms with E-state index in [4.69, 9.17) is 10.9 Å². The summed E-state index contributed by atoms with van der Waals surface area (Å²) in [5.41, 5.74) is 6.96. The van der Waals surface area contributed by atoms with Gasteiger partial charge in [-0.25, -0.2) is 4.98 Å². The molecule has 2 rings (SSSR count). The number of thiazole rings is 1. The zero-order valence-corrected chi connectivity index (χ0v) is 13.9. The van der Waals surface area contributed by atoms with E-state index in [2.05, 4.69) is 40.7 Å². The summed E-state index contributed by atoms with van der Waals surface area (Å²) in [6, 6.07) is 0.0434. The van der Waals surface area contributed by atoms with Crippen LogP contribution in [0.25, 0.3) is 0 Å². The Kier molecular flexibility index (Phi) is 5.41. The molecule has 0 radical (unpaired) electrons. The van der Waals surface area contributed by atoms with Crippen molar-refractivity contribution >= 4 is 22.3 Å². The molecule has 0 spiro atoms. The summed E-state index contributed by atoms with van der Waals surface area (Å²) in [5.74, 6) is 0.325. The largest absolute Gasteiger partial charge is 0.409 e. The van der Waals surface area contributed by atoms with Crippen molar-refractivity contribution in [3.63, 3.8) is 0 Å². The highest BCUT2D eigenvalue weighted by Gasteiger charge is 2.27. The maximum atomic E-state index is 8.94. The molecule has 1 unspecified atom stereocenters. The fourth-order valence-electron chi connectivity index (χ4n) is 2.67. The minimum Gasteiger partial charge on any atom is -0.409 e. The van der Waals surface area contributed by atoms with Crippen molar-refractivity contribution < 1.29 is 5.21 Å². The van der Waals surface area contributed by atoms with Crippen LogP contribution in [0.1, 0.15) is 30.3 Å². The second kappa shape index (κ2) is 7.09. The van der Waals surface area contributed by atoms with E-state index < -0.39 is 0 Å². The van der Waals surface area contributed by atoms with Crippen molar-refractivity contribution in [2.75, 3.05) is 31.1 Å². The van der Waals surface area contributed by atoms with Crippen LogP contribution in [0.15, 0.2) is 5.16 Å². The summed E-state index contributed by atoms with van der Waals surface area (Å²) in [7, 11) is 0. The molecule has 1 saturated heterocycles. The van der Waals surface area contributed by atoms with Gasteiger partial charge >= 0.3 is 0 Å². The van der Waals surface area contributed by atoms with Crippen molar-refractivity contribution in [2.45, 2.75) is 39.7 Å². The maximum Gasteiger partial charge on any atom is 0.185 e. The first-order valence-corrected chi connectivity index (χ1v) is 8.28. The van der Waals surface area contributed by atoms with E-state index in [0.717, 1.165) is 49.8 Å². The first kappa shape index (κ1) is 16.0. The summed E-state index contributed by atoms with van der Waals surface area (Å²) in [6.07, 6.45) is 1.94. The normalized spacial score (nSPS) is 19.0. The molecule has 21 heavy (non-hydrogen) atoms. The number of oxime groups is 1. The van der Waals surface area contributed by atoms with Gasteiger partial charge in [-0.2, -0.15) is 0 Å². The van der Waals surface area contributed by atoms with E-state index in [0.29, 0.717) is 5.84 Å². The number of anilines is 1. The van der Waals surface area contributed by atoms with Crippen LogP contribution in [-0.2, 0) is 0 Å². The van der Waals surface area contributed by atoms with E-state index in [1.165, 1.54) is 4.88 Å². The fourth-order valence-corrected chi connectivity index (χ4v) is 3.63. The van der Waals surface area contributed by atoms with Gasteiger partial charge in [-0.15, -0.1) is 11.3 Å². The van der Waals surface area contributed by atoms with E-state index in [1.807, 2.05) is 0 Å². The van der Waals surface area contributed by atoms with E-state index in [1.54, 1.807) is 11.3 Å². The minimum atomic E-state index is 0.0434. The molecule has 6 nitrogen and oxygen atoms in total. The monoisotopic (exact) mass is 311 g/mol. The first-order valence-electron chi connectivity index (χ1n) is 7.47. The molecule has 1 atom stereocenters. The SMILES string of the molecule is CCCC(C(N)=NO)N1CCN(c2nc(C)c(C)s2)CC1. The molecule has 1 aliphatic heterocycles.